The van der Waals surface area contributed by atoms with Crippen LogP contribution in [0, 0.1) is 6.92 Å². The van der Waals surface area contributed by atoms with Gasteiger partial charge in [-0.25, -0.2) is 4.57 Å². The number of H-pyrrole nitrogens is 1. The first-order chi connectivity index (χ1) is 7.25. The minimum Gasteiger partial charge on any atom is -0.290 e. The number of nitrogens with zero attached hydrogens (tertiary/aromatic N) is 1. The maximum Gasteiger partial charge on any atom is 0.241 e. The van der Waals surface area contributed by atoms with Crippen LogP contribution in [0.15, 0.2) is 43.0 Å². The molecule has 1 aromatic heterocycles. The van der Waals surface area contributed by atoms with Crippen molar-refractivity contribution in [1.82, 2.24) is 4.98 Å². The Morgan fingerprint density at radius 1 is 1.47 bits per heavy atom. The zero-order valence-corrected chi connectivity index (χ0v) is 8.60. The van der Waals surface area contributed by atoms with E-state index in [1.54, 1.807) is 12.5 Å². The molecule has 0 spiro atoms. The molecule has 0 saturated heterocycles. The molecule has 3 heteroatoms. The normalized spacial score (nSPS) is 10.2. The number of carbonyl (C=O) groups is 1. The van der Waals surface area contributed by atoms with Crippen LogP contribution in [0.1, 0.15) is 15.9 Å². The summed E-state index contributed by atoms with van der Waals surface area (Å²) in [7, 11) is 0. The van der Waals surface area contributed by atoms with Gasteiger partial charge in [0.25, 0.3) is 0 Å². The minimum absolute atomic E-state index is 0.128. The zero-order valence-electron chi connectivity index (χ0n) is 8.60. The molecule has 1 heterocycles. The summed E-state index contributed by atoms with van der Waals surface area (Å²) in [6, 6.07) is 7.66. The fourth-order valence-corrected chi connectivity index (χ4v) is 1.49. The second-order valence-corrected chi connectivity index (χ2v) is 3.58. The Bertz CT molecular complexity index is 460. The molecular weight excluding hydrogens is 188 g/mol. The molecule has 0 unspecified atom stereocenters. The Morgan fingerprint density at radius 2 is 2.33 bits per heavy atom. The van der Waals surface area contributed by atoms with Crippen LogP contribution in [0.3, 0.4) is 0 Å². The van der Waals surface area contributed by atoms with Gasteiger partial charge < -0.3 is 0 Å². The van der Waals surface area contributed by atoms with Crippen molar-refractivity contribution in [2.45, 2.75) is 13.5 Å². The largest absolute Gasteiger partial charge is 0.290 e. The predicted molar refractivity (Wildman–Crippen MR) is 56.5 cm³/mol. The van der Waals surface area contributed by atoms with Crippen LogP contribution in [-0.2, 0) is 6.54 Å². The molecule has 0 aliphatic heterocycles. The number of Topliss-reactive ketones (excluding diaryl/α,β-unsaturated/α-hetero) is 1. The lowest BCUT2D eigenvalue weighted by atomic mass is 10.1. The van der Waals surface area contributed by atoms with Gasteiger partial charge in [0.05, 0.1) is 0 Å². The van der Waals surface area contributed by atoms with Crippen molar-refractivity contribution in [1.29, 1.82) is 0 Å². The van der Waals surface area contributed by atoms with E-state index in [9.17, 15) is 4.79 Å². The molecule has 0 aliphatic rings. The van der Waals surface area contributed by atoms with E-state index in [1.807, 2.05) is 42.0 Å². The third kappa shape index (κ3) is 2.31. The highest BCUT2D eigenvalue weighted by molar-refractivity contribution is 5.95. The van der Waals surface area contributed by atoms with Gasteiger partial charge in [-0.05, 0) is 13.0 Å². The van der Waals surface area contributed by atoms with E-state index in [-0.39, 0.29) is 5.78 Å². The number of hydrogen-bond acceptors (Lipinski definition) is 1. The van der Waals surface area contributed by atoms with Crippen LogP contribution in [0.4, 0.5) is 0 Å². The standard InChI is InChI=1S/C12H12N2O/c1-10-3-2-4-11(7-10)12(15)8-14-6-5-13-9-14/h2-7,9H,8H2,1H3/p+1. The molecule has 0 bridgehead atoms. The van der Waals surface area contributed by atoms with Gasteiger partial charge in [-0.2, -0.15) is 0 Å². The highest BCUT2D eigenvalue weighted by Crippen LogP contribution is 2.04. The molecule has 0 radical (unpaired) electrons. The lowest BCUT2D eigenvalue weighted by Crippen LogP contribution is -2.35. The Labute approximate surface area is 88.4 Å². The summed E-state index contributed by atoms with van der Waals surface area (Å²) < 4.78 is 1.82. The molecular formula is C12H13N2O+. The summed E-state index contributed by atoms with van der Waals surface area (Å²) in [6.07, 6.45) is 5.41. The average molecular weight is 201 g/mol. The van der Waals surface area contributed by atoms with E-state index in [0.29, 0.717) is 6.54 Å². The summed E-state index contributed by atoms with van der Waals surface area (Å²) in [5.74, 6) is 0.128. The smallest absolute Gasteiger partial charge is 0.241 e. The number of hydrogen-bond donors (Lipinski definition) is 1. The third-order valence-corrected chi connectivity index (χ3v) is 2.27. The van der Waals surface area contributed by atoms with Crippen molar-refractivity contribution in [3.05, 3.63) is 54.1 Å². The van der Waals surface area contributed by atoms with Gasteiger partial charge in [-0.1, -0.05) is 23.8 Å². The van der Waals surface area contributed by atoms with Gasteiger partial charge in [0, 0.05) is 5.56 Å². The first-order valence-corrected chi connectivity index (χ1v) is 4.87. The van der Waals surface area contributed by atoms with Gasteiger partial charge in [-0.3, -0.25) is 9.78 Å². The van der Waals surface area contributed by atoms with Crippen LogP contribution in [-0.4, -0.2) is 10.8 Å². The lowest BCUT2D eigenvalue weighted by Gasteiger charge is -1.99. The number of nitrogens with one attached hydrogen (secondary N) is 1. The average Bonchev–Trinajstić information content (AvgIpc) is 2.70. The molecule has 2 rings (SSSR count). The molecule has 76 valence electrons. The second kappa shape index (κ2) is 4.09. The maximum atomic E-state index is 11.8. The van der Waals surface area contributed by atoms with Crippen LogP contribution >= 0.6 is 0 Å². The van der Waals surface area contributed by atoms with Crippen molar-refractivity contribution in [2.75, 3.05) is 0 Å². The molecule has 2 aromatic rings. The number of imidazole rings is 1. The summed E-state index contributed by atoms with van der Waals surface area (Å²) >= 11 is 0. The van der Waals surface area contributed by atoms with Crippen LogP contribution in [0.2, 0.25) is 0 Å². The van der Waals surface area contributed by atoms with Gasteiger partial charge in [-0.15, -0.1) is 0 Å². The first kappa shape index (κ1) is 9.65. The number of aromatic amines is 1. The maximum absolute atomic E-state index is 11.8. The molecule has 1 aromatic carbocycles. The number of ketones is 1. The predicted octanol–water partition coefficient (Wildman–Crippen LogP) is 1.49. The van der Waals surface area contributed by atoms with Crippen molar-refractivity contribution in [2.24, 2.45) is 0 Å². The number of aromatic nitrogens is 2. The van der Waals surface area contributed by atoms with Crippen molar-refractivity contribution < 1.29 is 9.36 Å². The highest BCUT2D eigenvalue weighted by atomic mass is 16.1. The van der Waals surface area contributed by atoms with Gasteiger partial charge in [0.15, 0.2) is 6.54 Å². The summed E-state index contributed by atoms with van der Waals surface area (Å²) in [4.78, 5) is 14.7. The summed E-state index contributed by atoms with van der Waals surface area (Å²) in [6.45, 7) is 2.37. The van der Waals surface area contributed by atoms with Crippen molar-refractivity contribution in [3.63, 3.8) is 0 Å². The molecule has 0 aliphatic carbocycles. The molecule has 0 atom stereocenters. The molecule has 0 saturated carbocycles. The van der Waals surface area contributed by atoms with E-state index in [4.69, 9.17) is 0 Å². The van der Waals surface area contributed by atoms with E-state index in [2.05, 4.69) is 4.98 Å². The summed E-state index contributed by atoms with van der Waals surface area (Å²) in [5.41, 5.74) is 1.88. The summed E-state index contributed by atoms with van der Waals surface area (Å²) in [5, 5.41) is 0. The fourth-order valence-electron chi connectivity index (χ4n) is 1.49. The number of aryl methyl sites for hydroxylation is 1. The molecule has 0 fully saturated rings. The van der Waals surface area contributed by atoms with Crippen LogP contribution < -0.4 is 4.57 Å². The Hall–Kier alpha value is -1.90. The van der Waals surface area contributed by atoms with Gasteiger partial charge in [0.2, 0.25) is 12.1 Å². The Morgan fingerprint density at radius 3 is 3.00 bits per heavy atom. The first-order valence-electron chi connectivity index (χ1n) is 4.87. The Kier molecular flexibility index (Phi) is 2.63. The third-order valence-electron chi connectivity index (χ3n) is 2.27. The fraction of sp³-hybridized carbons (Fsp3) is 0.167. The van der Waals surface area contributed by atoms with Crippen LogP contribution in [0.25, 0.3) is 0 Å². The molecule has 3 nitrogen and oxygen atoms in total. The van der Waals surface area contributed by atoms with Crippen molar-refractivity contribution in [3.8, 4) is 0 Å². The number of carbonyl (C=O) groups excluding carboxylic acids is 1. The highest BCUT2D eigenvalue weighted by Gasteiger charge is 2.09. The molecule has 1 N–H and O–H groups in total. The molecule has 0 amide bonds. The quantitative estimate of drug-likeness (QED) is 0.593. The van der Waals surface area contributed by atoms with Gasteiger partial charge >= 0.3 is 0 Å². The van der Waals surface area contributed by atoms with Crippen molar-refractivity contribution >= 4 is 5.78 Å². The van der Waals surface area contributed by atoms with Gasteiger partial charge in [0.1, 0.15) is 12.4 Å². The van der Waals surface area contributed by atoms with E-state index < -0.39 is 0 Å². The lowest BCUT2D eigenvalue weighted by molar-refractivity contribution is -0.681. The second-order valence-electron chi connectivity index (χ2n) is 3.58. The van der Waals surface area contributed by atoms with E-state index in [1.165, 1.54) is 0 Å². The SMILES string of the molecule is Cc1cccc(C(=O)C[n+]2cc[nH]c2)c1. The molecule has 15 heavy (non-hydrogen) atoms. The Balaban J connectivity index is 2.15. The topological polar surface area (TPSA) is 36.7 Å². The van der Waals surface area contributed by atoms with E-state index in [0.717, 1.165) is 11.1 Å². The minimum atomic E-state index is 0.128. The van der Waals surface area contributed by atoms with E-state index >= 15 is 0 Å². The monoisotopic (exact) mass is 201 g/mol. The number of benzene rings is 1. The number of rotatable bonds is 3. The van der Waals surface area contributed by atoms with Crippen LogP contribution in [0.5, 0.6) is 0 Å². The zero-order chi connectivity index (χ0) is 10.7.